The van der Waals surface area contributed by atoms with Gasteiger partial charge in [-0.25, -0.2) is 4.39 Å². The van der Waals surface area contributed by atoms with Crippen LogP contribution in [-0.4, -0.2) is 13.0 Å². The van der Waals surface area contributed by atoms with Crippen molar-refractivity contribution >= 4 is 11.6 Å². The first-order valence-corrected chi connectivity index (χ1v) is 6.94. The van der Waals surface area contributed by atoms with Gasteiger partial charge in [-0.2, -0.15) is 0 Å². The van der Waals surface area contributed by atoms with Gasteiger partial charge in [0.25, 0.3) is 0 Å². The zero-order valence-corrected chi connectivity index (χ0v) is 11.8. The molecule has 3 rings (SSSR count). The largest absolute Gasteiger partial charge is 0.324 e. The van der Waals surface area contributed by atoms with Gasteiger partial charge >= 0.3 is 0 Å². The van der Waals surface area contributed by atoms with E-state index in [1.165, 1.54) is 6.07 Å². The molecule has 0 fully saturated rings. The molecule has 0 saturated carbocycles. The van der Waals surface area contributed by atoms with Crippen LogP contribution in [0.25, 0.3) is 0 Å². The monoisotopic (exact) mass is 284 g/mol. The van der Waals surface area contributed by atoms with Crippen LogP contribution in [0.2, 0.25) is 0 Å². The van der Waals surface area contributed by atoms with Gasteiger partial charge in [0.05, 0.1) is 6.42 Å². The lowest BCUT2D eigenvalue weighted by Gasteiger charge is -2.15. The maximum Gasteiger partial charge on any atom is 0.231 e. The summed E-state index contributed by atoms with van der Waals surface area (Å²) in [6.45, 7) is 0. The van der Waals surface area contributed by atoms with E-state index in [9.17, 15) is 9.18 Å². The van der Waals surface area contributed by atoms with Gasteiger partial charge in [0.1, 0.15) is 5.82 Å². The molecule has 1 heterocycles. The first kappa shape index (κ1) is 13.8. The van der Waals surface area contributed by atoms with Gasteiger partial charge in [0, 0.05) is 18.8 Å². The van der Waals surface area contributed by atoms with Crippen LogP contribution in [-0.2, 0) is 17.6 Å². The van der Waals surface area contributed by atoms with Crippen molar-refractivity contribution in [3.05, 3.63) is 65.0 Å². The minimum Gasteiger partial charge on any atom is -0.324 e. The molecule has 108 valence electrons. The molecule has 0 saturated heterocycles. The van der Waals surface area contributed by atoms with E-state index < -0.39 is 0 Å². The molecule has 0 aromatic heterocycles. The number of rotatable bonds is 3. The number of halogens is 1. The second kappa shape index (κ2) is 5.30. The molecule has 2 aromatic rings. The lowest BCUT2D eigenvalue weighted by molar-refractivity contribution is -0.117. The van der Waals surface area contributed by atoms with E-state index in [0.29, 0.717) is 18.4 Å². The third kappa shape index (κ3) is 2.54. The lowest BCUT2D eigenvalue weighted by Crippen LogP contribution is -2.20. The van der Waals surface area contributed by atoms with Crippen molar-refractivity contribution in [2.24, 2.45) is 5.73 Å². The van der Waals surface area contributed by atoms with E-state index in [-0.39, 0.29) is 17.8 Å². The van der Waals surface area contributed by atoms with Gasteiger partial charge in [-0.15, -0.1) is 0 Å². The van der Waals surface area contributed by atoms with E-state index in [4.69, 9.17) is 5.73 Å². The van der Waals surface area contributed by atoms with Crippen LogP contribution in [0, 0.1) is 5.82 Å². The average Bonchev–Trinajstić information content (AvgIpc) is 2.76. The molecule has 2 N–H and O–H groups in total. The number of hydrogen-bond acceptors (Lipinski definition) is 2. The molecule has 21 heavy (non-hydrogen) atoms. The molecule has 0 radical (unpaired) electrons. The molecule has 1 amide bonds. The molecule has 1 aliphatic heterocycles. The normalized spacial score (nSPS) is 15.2. The summed E-state index contributed by atoms with van der Waals surface area (Å²) in [5.74, 6) is -0.145. The molecule has 0 aliphatic carbocycles. The Labute approximate surface area is 123 Å². The summed E-state index contributed by atoms with van der Waals surface area (Å²) < 4.78 is 13.7. The van der Waals surface area contributed by atoms with E-state index in [1.54, 1.807) is 30.1 Å². The highest BCUT2D eigenvalue weighted by molar-refractivity contribution is 6.00. The maximum atomic E-state index is 13.7. The van der Waals surface area contributed by atoms with Crippen LogP contribution in [0.3, 0.4) is 0 Å². The highest BCUT2D eigenvalue weighted by Crippen LogP contribution is 2.30. The van der Waals surface area contributed by atoms with Crippen LogP contribution in [0.1, 0.15) is 22.7 Å². The van der Waals surface area contributed by atoms with Gasteiger partial charge in [-0.05, 0) is 35.2 Å². The van der Waals surface area contributed by atoms with Crippen molar-refractivity contribution < 1.29 is 9.18 Å². The number of hydrogen-bond donors (Lipinski definition) is 1. The second-order valence-electron chi connectivity index (χ2n) is 5.42. The van der Waals surface area contributed by atoms with Crippen molar-refractivity contribution in [2.45, 2.75) is 18.9 Å². The highest BCUT2D eigenvalue weighted by atomic mass is 19.1. The SMILES string of the molecule is CN1C(=O)Cc2cc(C(N)Cc3ccccc3F)ccc21. The first-order chi connectivity index (χ1) is 10.1. The number of anilines is 1. The standard InChI is InChI=1S/C17H17FN2O/c1-20-16-7-6-12(8-13(16)10-17(20)21)15(19)9-11-4-2-3-5-14(11)18/h2-8,15H,9-10,19H2,1H3. The summed E-state index contributed by atoms with van der Waals surface area (Å²) in [5.41, 5.74) is 9.66. The molecule has 1 aliphatic rings. The number of fused-ring (bicyclic) bond motifs is 1. The van der Waals surface area contributed by atoms with E-state index in [0.717, 1.165) is 16.8 Å². The predicted molar refractivity (Wildman–Crippen MR) is 80.6 cm³/mol. The smallest absolute Gasteiger partial charge is 0.231 e. The molecule has 1 unspecified atom stereocenters. The minimum absolute atomic E-state index is 0.0878. The van der Waals surface area contributed by atoms with E-state index in [1.807, 2.05) is 18.2 Å². The second-order valence-corrected chi connectivity index (χ2v) is 5.42. The minimum atomic E-state index is -0.284. The first-order valence-electron chi connectivity index (χ1n) is 6.94. The summed E-state index contributed by atoms with van der Waals surface area (Å²) >= 11 is 0. The van der Waals surface area contributed by atoms with Crippen molar-refractivity contribution in [2.75, 3.05) is 11.9 Å². The molecule has 2 aromatic carbocycles. The number of carbonyl (C=O) groups excluding carboxylic acids is 1. The Bertz CT molecular complexity index is 699. The fourth-order valence-corrected chi connectivity index (χ4v) is 2.74. The average molecular weight is 284 g/mol. The van der Waals surface area contributed by atoms with Gasteiger partial charge in [-0.1, -0.05) is 30.3 Å². The summed E-state index contributed by atoms with van der Waals surface area (Å²) in [5, 5.41) is 0. The predicted octanol–water partition coefficient (Wildman–Crippen LogP) is 2.59. The molecule has 0 bridgehead atoms. The molecular weight excluding hydrogens is 267 g/mol. The van der Waals surface area contributed by atoms with Gasteiger partial charge < -0.3 is 10.6 Å². The number of nitrogens with zero attached hydrogens (tertiary/aromatic N) is 1. The zero-order chi connectivity index (χ0) is 15.0. The Morgan fingerprint density at radius 1 is 1.29 bits per heavy atom. The van der Waals surface area contributed by atoms with Crippen LogP contribution in [0.5, 0.6) is 0 Å². The molecule has 0 spiro atoms. The fraction of sp³-hybridized carbons (Fsp3) is 0.235. The van der Waals surface area contributed by atoms with Gasteiger partial charge in [-0.3, -0.25) is 4.79 Å². The summed E-state index contributed by atoms with van der Waals surface area (Å²) in [4.78, 5) is 13.3. The number of likely N-dealkylation sites (N-methyl/N-ethyl adjacent to an activating group) is 1. The van der Waals surface area contributed by atoms with Crippen LogP contribution >= 0.6 is 0 Å². The summed E-state index contributed by atoms with van der Waals surface area (Å²) in [6.07, 6.45) is 0.849. The van der Waals surface area contributed by atoms with Crippen molar-refractivity contribution in [1.29, 1.82) is 0 Å². The van der Waals surface area contributed by atoms with Crippen molar-refractivity contribution in [3.63, 3.8) is 0 Å². The summed E-state index contributed by atoms with van der Waals surface area (Å²) in [6, 6.07) is 12.2. The van der Waals surface area contributed by atoms with E-state index >= 15 is 0 Å². The molecular formula is C17H17FN2O. The third-order valence-electron chi connectivity index (χ3n) is 4.01. The van der Waals surface area contributed by atoms with Crippen molar-refractivity contribution in [3.8, 4) is 0 Å². The van der Waals surface area contributed by atoms with Crippen LogP contribution in [0.4, 0.5) is 10.1 Å². The zero-order valence-electron chi connectivity index (χ0n) is 11.8. The Kier molecular flexibility index (Phi) is 3.47. The molecule has 4 heteroatoms. The Morgan fingerprint density at radius 2 is 2.05 bits per heavy atom. The Hall–Kier alpha value is -2.20. The van der Waals surface area contributed by atoms with Gasteiger partial charge in [0.15, 0.2) is 0 Å². The number of nitrogens with two attached hydrogens (primary N) is 1. The summed E-state index contributed by atoms with van der Waals surface area (Å²) in [7, 11) is 1.77. The van der Waals surface area contributed by atoms with Gasteiger partial charge in [0.2, 0.25) is 5.91 Å². The number of carbonyl (C=O) groups is 1. The quantitative estimate of drug-likeness (QED) is 0.941. The lowest BCUT2D eigenvalue weighted by atomic mass is 9.97. The van der Waals surface area contributed by atoms with Crippen LogP contribution < -0.4 is 10.6 Å². The molecule has 1 atom stereocenters. The molecule has 3 nitrogen and oxygen atoms in total. The van der Waals surface area contributed by atoms with Crippen LogP contribution in [0.15, 0.2) is 42.5 Å². The Morgan fingerprint density at radius 3 is 2.81 bits per heavy atom. The third-order valence-corrected chi connectivity index (χ3v) is 4.01. The number of amides is 1. The fourth-order valence-electron chi connectivity index (χ4n) is 2.74. The van der Waals surface area contributed by atoms with Crippen molar-refractivity contribution in [1.82, 2.24) is 0 Å². The number of benzene rings is 2. The maximum absolute atomic E-state index is 13.7. The Balaban J connectivity index is 1.84. The topological polar surface area (TPSA) is 46.3 Å². The highest BCUT2D eigenvalue weighted by Gasteiger charge is 2.24. The van der Waals surface area contributed by atoms with E-state index in [2.05, 4.69) is 0 Å².